The van der Waals surface area contributed by atoms with Crippen LogP contribution in [-0.2, 0) is 9.53 Å². The number of likely N-dealkylation sites (N-methyl/N-ethyl adjacent to an activating group) is 1. The van der Waals surface area contributed by atoms with Crippen molar-refractivity contribution < 1.29 is 9.53 Å². The van der Waals surface area contributed by atoms with E-state index in [1.54, 1.807) is 0 Å². The molecule has 0 aromatic rings. The molecule has 1 N–H and O–H groups in total. The molecule has 1 unspecified atom stereocenters. The Kier molecular flexibility index (Phi) is 4.76. The topological polar surface area (TPSA) is 44.8 Å². The summed E-state index contributed by atoms with van der Waals surface area (Å²) in [5.41, 5.74) is 0. The average molecular weight is 241 g/mol. The van der Waals surface area contributed by atoms with Crippen LogP contribution in [0.5, 0.6) is 0 Å². The van der Waals surface area contributed by atoms with Gasteiger partial charge in [0, 0.05) is 45.2 Å². The summed E-state index contributed by atoms with van der Waals surface area (Å²) < 4.78 is 5.36. The van der Waals surface area contributed by atoms with Gasteiger partial charge in [-0.2, -0.15) is 0 Å². The Labute approximate surface area is 103 Å². The van der Waals surface area contributed by atoms with Crippen LogP contribution in [-0.4, -0.2) is 74.2 Å². The summed E-state index contributed by atoms with van der Waals surface area (Å²) in [5, 5.41) is 3.33. The second-order valence-corrected chi connectivity index (χ2v) is 4.75. The van der Waals surface area contributed by atoms with Crippen molar-refractivity contribution >= 4 is 5.91 Å². The summed E-state index contributed by atoms with van der Waals surface area (Å²) in [6.07, 6.45) is 0.576. The molecule has 0 aliphatic carbocycles. The van der Waals surface area contributed by atoms with Crippen LogP contribution in [0.2, 0.25) is 0 Å². The van der Waals surface area contributed by atoms with Crippen LogP contribution in [0.25, 0.3) is 0 Å². The number of amides is 1. The smallest absolute Gasteiger partial charge is 0.224 e. The third-order valence-electron chi connectivity index (χ3n) is 3.59. The Morgan fingerprint density at radius 3 is 2.71 bits per heavy atom. The van der Waals surface area contributed by atoms with Crippen LogP contribution in [0, 0.1) is 0 Å². The van der Waals surface area contributed by atoms with Crippen molar-refractivity contribution in [3.8, 4) is 0 Å². The zero-order valence-electron chi connectivity index (χ0n) is 10.7. The lowest BCUT2D eigenvalue weighted by Gasteiger charge is -2.35. The zero-order valence-corrected chi connectivity index (χ0v) is 10.7. The molecule has 2 rings (SSSR count). The van der Waals surface area contributed by atoms with E-state index in [4.69, 9.17) is 4.74 Å². The molecular formula is C12H23N3O2. The second-order valence-electron chi connectivity index (χ2n) is 4.75. The first-order chi connectivity index (χ1) is 8.29. The standard InChI is InChI=1S/C12H23N3O2/c1-2-14-4-6-15(7-5-14)12(16)9-11-10-17-8-3-13-11/h11,13H,2-10H2,1H3. The molecule has 2 fully saturated rings. The molecule has 1 amide bonds. The molecule has 2 heterocycles. The summed E-state index contributed by atoms with van der Waals surface area (Å²) in [7, 11) is 0. The Hall–Kier alpha value is -0.650. The molecule has 1 atom stereocenters. The Bertz CT molecular complexity index is 246. The van der Waals surface area contributed by atoms with Crippen LogP contribution in [0.4, 0.5) is 0 Å². The highest BCUT2D eigenvalue weighted by atomic mass is 16.5. The molecule has 0 aromatic carbocycles. The monoisotopic (exact) mass is 241 g/mol. The second kappa shape index (κ2) is 6.33. The number of morpholine rings is 1. The maximum absolute atomic E-state index is 12.1. The van der Waals surface area contributed by atoms with Crippen LogP contribution in [0.1, 0.15) is 13.3 Å². The van der Waals surface area contributed by atoms with Crippen molar-refractivity contribution in [1.82, 2.24) is 15.1 Å². The summed E-state index contributed by atoms with van der Waals surface area (Å²) >= 11 is 0. The zero-order chi connectivity index (χ0) is 12.1. The van der Waals surface area contributed by atoms with E-state index >= 15 is 0 Å². The molecule has 0 radical (unpaired) electrons. The van der Waals surface area contributed by atoms with Gasteiger partial charge in [-0.3, -0.25) is 4.79 Å². The minimum Gasteiger partial charge on any atom is -0.378 e. The van der Waals surface area contributed by atoms with E-state index in [-0.39, 0.29) is 11.9 Å². The fourth-order valence-corrected chi connectivity index (χ4v) is 2.40. The van der Waals surface area contributed by atoms with Gasteiger partial charge in [-0.25, -0.2) is 0 Å². The van der Waals surface area contributed by atoms with E-state index in [9.17, 15) is 4.79 Å². The predicted molar refractivity (Wildman–Crippen MR) is 65.9 cm³/mol. The fraction of sp³-hybridized carbons (Fsp3) is 0.917. The Morgan fingerprint density at radius 2 is 2.12 bits per heavy atom. The van der Waals surface area contributed by atoms with Gasteiger partial charge in [0.25, 0.3) is 0 Å². The highest BCUT2D eigenvalue weighted by Gasteiger charge is 2.23. The van der Waals surface area contributed by atoms with Crippen molar-refractivity contribution in [2.45, 2.75) is 19.4 Å². The Morgan fingerprint density at radius 1 is 1.35 bits per heavy atom. The minimum atomic E-state index is 0.209. The number of ether oxygens (including phenoxy) is 1. The maximum atomic E-state index is 12.1. The van der Waals surface area contributed by atoms with Gasteiger partial charge in [-0.05, 0) is 6.54 Å². The highest BCUT2D eigenvalue weighted by Crippen LogP contribution is 2.06. The van der Waals surface area contributed by atoms with Crippen LogP contribution < -0.4 is 5.32 Å². The SMILES string of the molecule is CCN1CCN(C(=O)CC2COCCN2)CC1. The first-order valence-electron chi connectivity index (χ1n) is 6.61. The Balaban J connectivity index is 1.72. The van der Waals surface area contributed by atoms with Gasteiger partial charge in [0.2, 0.25) is 5.91 Å². The largest absolute Gasteiger partial charge is 0.378 e. The molecule has 0 spiro atoms. The molecule has 0 saturated carbocycles. The molecule has 17 heavy (non-hydrogen) atoms. The number of carbonyl (C=O) groups is 1. The van der Waals surface area contributed by atoms with Crippen molar-refractivity contribution in [2.24, 2.45) is 0 Å². The van der Waals surface area contributed by atoms with Crippen molar-refractivity contribution in [3.63, 3.8) is 0 Å². The van der Waals surface area contributed by atoms with E-state index in [1.807, 2.05) is 4.90 Å². The van der Waals surface area contributed by atoms with E-state index in [0.717, 1.165) is 45.9 Å². The first-order valence-corrected chi connectivity index (χ1v) is 6.61. The van der Waals surface area contributed by atoms with Gasteiger partial charge in [0.15, 0.2) is 0 Å². The van der Waals surface area contributed by atoms with Crippen LogP contribution in [0.3, 0.4) is 0 Å². The third kappa shape index (κ3) is 3.66. The van der Waals surface area contributed by atoms with Crippen molar-refractivity contribution in [1.29, 1.82) is 0 Å². The summed E-state index contributed by atoms with van der Waals surface area (Å²) in [5.74, 6) is 0.267. The van der Waals surface area contributed by atoms with E-state index in [2.05, 4.69) is 17.1 Å². The van der Waals surface area contributed by atoms with Gasteiger partial charge in [-0.15, -0.1) is 0 Å². The average Bonchev–Trinajstić information content (AvgIpc) is 2.40. The van der Waals surface area contributed by atoms with Crippen molar-refractivity contribution in [2.75, 3.05) is 52.5 Å². The number of piperazine rings is 1. The third-order valence-corrected chi connectivity index (χ3v) is 3.59. The molecule has 2 saturated heterocycles. The van der Waals surface area contributed by atoms with E-state index in [1.165, 1.54) is 0 Å². The minimum absolute atomic E-state index is 0.209. The van der Waals surface area contributed by atoms with Gasteiger partial charge in [0.05, 0.1) is 13.2 Å². The molecule has 2 aliphatic rings. The molecule has 0 bridgehead atoms. The van der Waals surface area contributed by atoms with Gasteiger partial charge in [-0.1, -0.05) is 6.92 Å². The van der Waals surface area contributed by atoms with E-state index in [0.29, 0.717) is 13.0 Å². The quantitative estimate of drug-likeness (QED) is 0.725. The number of nitrogens with one attached hydrogen (secondary N) is 1. The van der Waals surface area contributed by atoms with Gasteiger partial charge >= 0.3 is 0 Å². The number of hydrogen-bond acceptors (Lipinski definition) is 4. The van der Waals surface area contributed by atoms with Crippen LogP contribution >= 0.6 is 0 Å². The number of carbonyl (C=O) groups excluding carboxylic acids is 1. The lowest BCUT2D eigenvalue weighted by atomic mass is 10.1. The van der Waals surface area contributed by atoms with Gasteiger partial charge in [0.1, 0.15) is 0 Å². The summed E-state index contributed by atoms with van der Waals surface area (Å²) in [6.45, 7) is 9.32. The summed E-state index contributed by atoms with van der Waals surface area (Å²) in [6, 6.07) is 0.209. The fourth-order valence-electron chi connectivity index (χ4n) is 2.40. The van der Waals surface area contributed by atoms with Gasteiger partial charge < -0.3 is 19.9 Å². The lowest BCUT2D eigenvalue weighted by Crippen LogP contribution is -2.51. The molecule has 5 nitrogen and oxygen atoms in total. The predicted octanol–water partition coefficient (Wildman–Crippen LogP) is -0.471. The normalized spacial score (nSPS) is 27.1. The van der Waals surface area contributed by atoms with Crippen molar-refractivity contribution in [3.05, 3.63) is 0 Å². The lowest BCUT2D eigenvalue weighted by molar-refractivity contribution is -0.134. The highest BCUT2D eigenvalue weighted by molar-refractivity contribution is 5.77. The molecule has 0 aromatic heterocycles. The summed E-state index contributed by atoms with van der Waals surface area (Å²) in [4.78, 5) is 16.4. The molecule has 98 valence electrons. The number of rotatable bonds is 3. The maximum Gasteiger partial charge on any atom is 0.224 e. The first kappa shape index (κ1) is 12.8. The molecular weight excluding hydrogens is 218 g/mol. The number of nitrogens with zero attached hydrogens (tertiary/aromatic N) is 2. The van der Waals surface area contributed by atoms with Crippen LogP contribution in [0.15, 0.2) is 0 Å². The van der Waals surface area contributed by atoms with E-state index < -0.39 is 0 Å². The molecule has 2 aliphatic heterocycles. The molecule has 5 heteroatoms. The number of hydrogen-bond donors (Lipinski definition) is 1.